The van der Waals surface area contributed by atoms with Crippen LogP contribution in [0.1, 0.15) is 18.9 Å². The highest BCUT2D eigenvalue weighted by molar-refractivity contribution is 5.81. The number of carbonyl (C=O) groups is 2. The van der Waals surface area contributed by atoms with Crippen molar-refractivity contribution in [1.29, 1.82) is 5.26 Å². The Morgan fingerprint density at radius 1 is 1.06 bits per heavy atom. The number of esters is 1. The number of allylic oxidation sites excluding steroid dienone is 5. The molecule has 0 fully saturated rings. The van der Waals surface area contributed by atoms with Crippen molar-refractivity contribution in [3.05, 3.63) is 102 Å². The minimum atomic E-state index is -0.422. The quantitative estimate of drug-likeness (QED) is 0.239. The topological polar surface area (TPSA) is 85.6 Å². The molecule has 0 saturated heterocycles. The predicted molar refractivity (Wildman–Crippen MR) is 126 cm³/mol. The van der Waals surface area contributed by atoms with E-state index in [0.717, 1.165) is 29.4 Å². The van der Waals surface area contributed by atoms with E-state index in [1.165, 1.54) is 5.57 Å². The molecule has 0 unspecified atom stereocenters. The lowest BCUT2D eigenvalue weighted by atomic mass is 10.0. The Balaban J connectivity index is 0.000000234. The zero-order chi connectivity index (χ0) is 23.9. The Morgan fingerprint density at radius 2 is 1.73 bits per heavy atom. The molecule has 0 radical (unpaired) electrons. The van der Waals surface area contributed by atoms with Crippen molar-refractivity contribution in [2.45, 2.75) is 13.3 Å². The summed E-state index contributed by atoms with van der Waals surface area (Å²) < 4.78 is 15.0. The molecule has 2 aromatic rings. The Labute approximate surface area is 193 Å². The van der Waals surface area contributed by atoms with Crippen LogP contribution < -0.4 is 4.74 Å². The number of hydrogen-bond donors (Lipinski definition) is 0. The van der Waals surface area contributed by atoms with Gasteiger partial charge < -0.3 is 14.2 Å². The highest BCUT2D eigenvalue weighted by Gasteiger charge is 2.01. The van der Waals surface area contributed by atoms with Gasteiger partial charge in [0.25, 0.3) is 6.47 Å². The fraction of sp³-hybridized carbons (Fsp3) is 0.148. The van der Waals surface area contributed by atoms with Crippen LogP contribution in [-0.4, -0.2) is 25.7 Å². The first-order chi connectivity index (χ1) is 16.0. The molecule has 0 atom stereocenters. The van der Waals surface area contributed by atoms with Gasteiger partial charge in [0.1, 0.15) is 19.0 Å². The fourth-order valence-corrected chi connectivity index (χ4v) is 2.71. The summed E-state index contributed by atoms with van der Waals surface area (Å²) in [6, 6.07) is 16.5. The lowest BCUT2D eigenvalue weighted by Gasteiger charge is -2.07. The summed E-state index contributed by atoms with van der Waals surface area (Å²) >= 11 is 0. The number of ether oxygens (including phenoxy) is 3. The summed E-state index contributed by atoms with van der Waals surface area (Å²) in [7, 11) is 0. The van der Waals surface area contributed by atoms with Gasteiger partial charge in [0.15, 0.2) is 0 Å². The lowest BCUT2D eigenvalue weighted by Crippen LogP contribution is -2.08. The molecule has 1 aliphatic carbocycles. The van der Waals surface area contributed by atoms with Gasteiger partial charge in [-0.2, -0.15) is 5.26 Å². The number of benzene rings is 2. The van der Waals surface area contributed by atoms with Crippen molar-refractivity contribution in [3.8, 4) is 22.9 Å². The first kappa shape index (κ1) is 24.9. The SMILES string of the molecule is C=CC(=O)OCCOC1=CC=C(C)C=CC1.N#Cc1ccc(-c2ccc(OC=O)cc2)cc1. The van der Waals surface area contributed by atoms with Gasteiger partial charge in [0.05, 0.1) is 17.4 Å². The third kappa shape index (κ3) is 9.11. The first-order valence-electron chi connectivity index (χ1n) is 10.2. The van der Waals surface area contributed by atoms with E-state index in [-0.39, 0.29) is 6.61 Å². The van der Waals surface area contributed by atoms with E-state index >= 15 is 0 Å². The summed E-state index contributed by atoms with van der Waals surface area (Å²) in [5.74, 6) is 0.967. The van der Waals surface area contributed by atoms with Crippen LogP contribution in [0, 0.1) is 11.3 Å². The average Bonchev–Trinajstić information content (AvgIpc) is 3.06. The molecule has 168 valence electrons. The summed E-state index contributed by atoms with van der Waals surface area (Å²) in [5.41, 5.74) is 3.85. The van der Waals surface area contributed by atoms with E-state index in [1.807, 2.05) is 55.5 Å². The molecule has 1 aliphatic rings. The molecule has 33 heavy (non-hydrogen) atoms. The van der Waals surface area contributed by atoms with Crippen molar-refractivity contribution in [2.75, 3.05) is 13.2 Å². The van der Waals surface area contributed by atoms with Gasteiger partial charge in [0.2, 0.25) is 0 Å². The van der Waals surface area contributed by atoms with Crippen molar-refractivity contribution >= 4 is 12.4 Å². The molecule has 0 heterocycles. The number of rotatable bonds is 8. The molecule has 0 bridgehead atoms. The number of nitrogens with zero attached hydrogens (tertiary/aromatic N) is 1. The standard InChI is InChI=1S/C14H9NO2.C13H16O3/c15-9-11-1-3-12(4-2-11)13-5-7-14(8-6-13)17-10-16;1-3-13(14)16-10-9-15-12-6-4-5-11(2)7-8-12/h1-8,10H;3-5,7-8H,1,6,9-10H2,2H3. The molecule has 6 nitrogen and oxygen atoms in total. The van der Waals surface area contributed by atoms with E-state index < -0.39 is 5.97 Å². The second-order valence-electron chi connectivity index (χ2n) is 6.80. The second kappa shape index (κ2) is 13.8. The second-order valence-corrected chi connectivity index (χ2v) is 6.80. The molecule has 0 spiro atoms. The molecule has 2 aromatic carbocycles. The minimum absolute atomic E-state index is 0.245. The van der Waals surface area contributed by atoms with Crippen molar-refractivity contribution < 1.29 is 23.8 Å². The third-order valence-corrected chi connectivity index (χ3v) is 4.40. The molecular formula is C27H25NO5. The average molecular weight is 443 g/mol. The number of carbonyl (C=O) groups excluding carboxylic acids is 2. The van der Waals surface area contributed by atoms with Gasteiger partial charge in [-0.1, -0.05) is 54.6 Å². The van der Waals surface area contributed by atoms with Gasteiger partial charge in [-0.05, 0) is 48.4 Å². The van der Waals surface area contributed by atoms with Crippen LogP contribution in [-0.2, 0) is 19.1 Å². The first-order valence-corrected chi connectivity index (χ1v) is 10.2. The lowest BCUT2D eigenvalue weighted by molar-refractivity contribution is -0.138. The summed E-state index contributed by atoms with van der Waals surface area (Å²) in [6.07, 6.45) is 9.92. The largest absolute Gasteiger partial charge is 0.494 e. The maximum absolute atomic E-state index is 10.7. The predicted octanol–water partition coefficient (Wildman–Crippen LogP) is 5.28. The highest BCUT2D eigenvalue weighted by atomic mass is 16.6. The molecular weight excluding hydrogens is 418 g/mol. The Kier molecular flexibility index (Phi) is 10.4. The summed E-state index contributed by atoms with van der Waals surface area (Å²) in [5, 5.41) is 8.69. The maximum atomic E-state index is 10.7. The van der Waals surface area contributed by atoms with Gasteiger partial charge in [-0.15, -0.1) is 0 Å². The number of hydrogen-bond acceptors (Lipinski definition) is 6. The van der Waals surface area contributed by atoms with Crippen LogP contribution in [0.25, 0.3) is 11.1 Å². The zero-order valence-electron chi connectivity index (χ0n) is 18.4. The summed E-state index contributed by atoms with van der Waals surface area (Å²) in [4.78, 5) is 20.9. The Hall–Kier alpha value is -4.37. The molecule has 3 rings (SSSR count). The fourth-order valence-electron chi connectivity index (χ4n) is 2.71. The molecule has 0 aliphatic heterocycles. The van der Waals surface area contributed by atoms with Gasteiger partial charge >= 0.3 is 5.97 Å². The molecule has 0 N–H and O–H groups in total. The van der Waals surface area contributed by atoms with Gasteiger partial charge in [-0.3, -0.25) is 4.79 Å². The van der Waals surface area contributed by atoms with E-state index in [2.05, 4.69) is 12.6 Å². The maximum Gasteiger partial charge on any atom is 0.330 e. The van der Waals surface area contributed by atoms with E-state index in [1.54, 1.807) is 24.3 Å². The summed E-state index contributed by atoms with van der Waals surface area (Å²) in [6.45, 7) is 6.35. The smallest absolute Gasteiger partial charge is 0.330 e. The van der Waals surface area contributed by atoms with Crippen LogP contribution in [0.15, 0.2) is 96.8 Å². The monoisotopic (exact) mass is 443 g/mol. The van der Waals surface area contributed by atoms with Crippen molar-refractivity contribution in [1.82, 2.24) is 0 Å². The minimum Gasteiger partial charge on any atom is -0.494 e. The number of nitriles is 1. The normalized spacial score (nSPS) is 11.9. The molecule has 6 heteroatoms. The highest BCUT2D eigenvalue weighted by Crippen LogP contribution is 2.22. The van der Waals surface area contributed by atoms with E-state index in [4.69, 9.17) is 19.5 Å². The zero-order valence-corrected chi connectivity index (χ0v) is 18.4. The van der Waals surface area contributed by atoms with E-state index in [0.29, 0.717) is 24.4 Å². The molecule has 0 aromatic heterocycles. The van der Waals surface area contributed by atoms with Gasteiger partial charge in [-0.25, -0.2) is 4.79 Å². The Morgan fingerprint density at radius 3 is 2.33 bits per heavy atom. The Bertz CT molecular complexity index is 1070. The van der Waals surface area contributed by atoms with Crippen molar-refractivity contribution in [2.24, 2.45) is 0 Å². The van der Waals surface area contributed by atoms with Crippen LogP contribution in [0.5, 0.6) is 5.75 Å². The van der Waals surface area contributed by atoms with Crippen LogP contribution in [0.2, 0.25) is 0 Å². The van der Waals surface area contributed by atoms with Crippen LogP contribution >= 0.6 is 0 Å². The van der Waals surface area contributed by atoms with Crippen LogP contribution in [0.3, 0.4) is 0 Å². The third-order valence-electron chi connectivity index (χ3n) is 4.40. The van der Waals surface area contributed by atoms with Crippen LogP contribution in [0.4, 0.5) is 0 Å². The van der Waals surface area contributed by atoms with E-state index in [9.17, 15) is 9.59 Å². The van der Waals surface area contributed by atoms with Gasteiger partial charge in [0, 0.05) is 12.5 Å². The van der Waals surface area contributed by atoms with Crippen molar-refractivity contribution in [3.63, 3.8) is 0 Å². The molecule has 0 amide bonds. The molecule has 0 saturated carbocycles.